The Morgan fingerprint density at radius 2 is 2.14 bits per heavy atom. The van der Waals surface area contributed by atoms with Crippen LogP contribution in [0.1, 0.15) is 20.3 Å². The van der Waals surface area contributed by atoms with E-state index in [-0.39, 0.29) is 0 Å². The summed E-state index contributed by atoms with van der Waals surface area (Å²) < 4.78 is 0. The summed E-state index contributed by atoms with van der Waals surface area (Å²) in [6.07, 6.45) is 3.14. The van der Waals surface area contributed by atoms with E-state index in [4.69, 9.17) is 0 Å². The van der Waals surface area contributed by atoms with Gasteiger partial charge in [-0.25, -0.2) is 0 Å². The smallest absolute Gasteiger partial charge is 0.0772 e. The second-order valence-corrected chi connectivity index (χ2v) is 4.22. The summed E-state index contributed by atoms with van der Waals surface area (Å²) >= 11 is 1.82. The highest BCUT2D eigenvalue weighted by molar-refractivity contribution is 8.04. The Morgan fingerprint density at radius 3 is 2.86 bits per heavy atom. The van der Waals surface area contributed by atoms with Crippen molar-refractivity contribution in [2.45, 2.75) is 25.2 Å². The zero-order chi connectivity index (χ0) is 9.97. The number of thioether (sulfide) groups is 1. The molecule has 0 saturated heterocycles. The van der Waals surface area contributed by atoms with Gasteiger partial charge in [-0.15, -0.1) is 0 Å². The highest BCUT2D eigenvalue weighted by Gasteiger charge is 2.14. The number of hydrogen-bond acceptors (Lipinski definition) is 2. The quantitative estimate of drug-likeness (QED) is 0.667. The van der Waals surface area contributed by atoms with Gasteiger partial charge in [0.1, 0.15) is 0 Å². The summed E-state index contributed by atoms with van der Waals surface area (Å²) in [5.41, 5.74) is 2.32. The largest absolute Gasteiger partial charge is 0.251 e. The summed E-state index contributed by atoms with van der Waals surface area (Å²) in [5, 5.41) is 0. The molecule has 2 heteroatoms. The third-order valence-electron chi connectivity index (χ3n) is 2.22. The van der Waals surface area contributed by atoms with E-state index < -0.39 is 0 Å². The fraction of sp³-hybridized carbons (Fsp3) is 0.250. The van der Waals surface area contributed by atoms with Gasteiger partial charge in [-0.1, -0.05) is 36.9 Å². The van der Waals surface area contributed by atoms with Crippen LogP contribution < -0.4 is 0 Å². The van der Waals surface area contributed by atoms with Gasteiger partial charge in [0.2, 0.25) is 0 Å². The molecule has 0 unspecified atom stereocenters. The fourth-order valence-corrected chi connectivity index (χ4v) is 2.52. The van der Waals surface area contributed by atoms with Crippen LogP contribution in [0.3, 0.4) is 0 Å². The van der Waals surface area contributed by atoms with Crippen LogP contribution in [0.4, 0.5) is 5.69 Å². The topological polar surface area (TPSA) is 12.4 Å². The van der Waals surface area contributed by atoms with Gasteiger partial charge in [-0.05, 0) is 25.5 Å². The van der Waals surface area contributed by atoms with Crippen molar-refractivity contribution in [2.24, 2.45) is 4.99 Å². The van der Waals surface area contributed by atoms with Gasteiger partial charge in [0.25, 0.3) is 0 Å². The average Bonchev–Trinajstić information content (AvgIpc) is 2.27. The van der Waals surface area contributed by atoms with E-state index in [1.165, 1.54) is 15.5 Å². The first kappa shape index (κ1) is 9.53. The third kappa shape index (κ3) is 1.62. The number of rotatable bonds is 1. The maximum Gasteiger partial charge on any atom is 0.0772 e. The van der Waals surface area contributed by atoms with Crippen LogP contribution in [0, 0.1) is 0 Å². The van der Waals surface area contributed by atoms with Gasteiger partial charge in [0, 0.05) is 9.80 Å². The molecule has 72 valence electrons. The Bertz CT molecular complexity index is 405. The Morgan fingerprint density at radius 1 is 1.36 bits per heavy atom. The molecule has 1 aromatic carbocycles. The van der Waals surface area contributed by atoms with Crippen molar-refractivity contribution in [3.63, 3.8) is 0 Å². The number of hydrogen-bond donors (Lipinski definition) is 0. The summed E-state index contributed by atoms with van der Waals surface area (Å²) in [4.78, 5) is 7.20. The zero-order valence-electron chi connectivity index (χ0n) is 8.45. The molecule has 1 aliphatic heterocycles. The lowest BCUT2D eigenvalue weighted by atomic mass is 10.2. The number of aliphatic imine (C=N–C) groups is 1. The molecule has 0 aromatic heterocycles. The van der Waals surface area contributed by atoms with Crippen LogP contribution in [-0.2, 0) is 0 Å². The molecule has 1 heterocycles. The van der Waals surface area contributed by atoms with Crippen molar-refractivity contribution in [3.8, 4) is 0 Å². The number of fused-ring (bicyclic) bond motifs is 1. The predicted octanol–water partition coefficient (Wildman–Crippen LogP) is 4.18. The molecule has 0 aliphatic carbocycles. The van der Waals surface area contributed by atoms with Crippen LogP contribution >= 0.6 is 11.8 Å². The minimum atomic E-state index is 1.00. The highest BCUT2D eigenvalue weighted by atomic mass is 32.2. The van der Waals surface area contributed by atoms with Gasteiger partial charge >= 0.3 is 0 Å². The van der Waals surface area contributed by atoms with Crippen LogP contribution in [-0.4, -0.2) is 5.71 Å². The van der Waals surface area contributed by atoms with Crippen molar-refractivity contribution in [1.82, 2.24) is 0 Å². The number of nitrogens with zero attached hydrogens (tertiary/aromatic N) is 1. The lowest BCUT2D eigenvalue weighted by Gasteiger charge is -2.16. The monoisotopic (exact) mass is 203 g/mol. The van der Waals surface area contributed by atoms with Gasteiger partial charge in [0.05, 0.1) is 11.4 Å². The maximum atomic E-state index is 4.64. The molecule has 0 N–H and O–H groups in total. The van der Waals surface area contributed by atoms with E-state index >= 15 is 0 Å². The lowest BCUT2D eigenvalue weighted by Crippen LogP contribution is -2.01. The van der Waals surface area contributed by atoms with Gasteiger partial charge < -0.3 is 0 Å². The molecule has 1 nitrogen and oxygen atoms in total. The van der Waals surface area contributed by atoms with E-state index in [0.717, 1.165) is 12.1 Å². The van der Waals surface area contributed by atoms with Crippen LogP contribution in [0.25, 0.3) is 0 Å². The molecule has 2 rings (SSSR count). The zero-order valence-corrected chi connectivity index (χ0v) is 9.27. The molecule has 0 saturated carbocycles. The van der Waals surface area contributed by atoms with E-state index in [0.29, 0.717) is 0 Å². The molecule has 0 fully saturated rings. The molecule has 0 amide bonds. The van der Waals surface area contributed by atoms with Crippen LogP contribution in [0.5, 0.6) is 0 Å². The number of para-hydroxylation sites is 1. The Balaban J connectivity index is 2.50. The van der Waals surface area contributed by atoms with Crippen molar-refractivity contribution >= 4 is 23.2 Å². The normalized spacial score (nSPS) is 17.9. The maximum absolute atomic E-state index is 4.64. The lowest BCUT2D eigenvalue weighted by molar-refractivity contribution is 1.25. The predicted molar refractivity (Wildman–Crippen MR) is 63.4 cm³/mol. The van der Waals surface area contributed by atoms with E-state index in [9.17, 15) is 0 Å². The van der Waals surface area contributed by atoms with Crippen LogP contribution in [0.15, 0.2) is 45.1 Å². The summed E-state index contributed by atoms with van der Waals surface area (Å²) in [5.74, 6) is 0. The second-order valence-electron chi connectivity index (χ2n) is 3.13. The third-order valence-corrected chi connectivity index (χ3v) is 3.48. The van der Waals surface area contributed by atoms with Crippen molar-refractivity contribution in [3.05, 3.63) is 35.2 Å². The van der Waals surface area contributed by atoms with Crippen molar-refractivity contribution in [2.75, 3.05) is 0 Å². The standard InChI is InChI=1S/C12H13NS/c1-3-9-11(4-2)14-12-8-6-5-7-10(12)13-9/h4-8H,3H2,1-2H3/b11-4+. The Hall–Kier alpha value is -1.02. The first-order valence-corrected chi connectivity index (χ1v) is 5.68. The summed E-state index contributed by atoms with van der Waals surface area (Å²) in [6, 6.07) is 8.30. The van der Waals surface area contributed by atoms with Gasteiger partial charge in [-0.2, -0.15) is 0 Å². The highest BCUT2D eigenvalue weighted by Crippen LogP contribution is 2.40. The minimum absolute atomic E-state index is 1.00. The molecule has 1 aromatic rings. The van der Waals surface area contributed by atoms with Gasteiger partial charge in [-0.3, -0.25) is 4.99 Å². The summed E-state index contributed by atoms with van der Waals surface area (Å²) in [6.45, 7) is 4.22. The summed E-state index contributed by atoms with van der Waals surface area (Å²) in [7, 11) is 0. The van der Waals surface area contributed by atoms with Crippen molar-refractivity contribution < 1.29 is 0 Å². The Labute approximate surface area is 88.9 Å². The van der Waals surface area contributed by atoms with E-state index in [1.54, 1.807) is 0 Å². The number of allylic oxidation sites excluding steroid dienone is 2. The number of benzene rings is 1. The fourth-order valence-electron chi connectivity index (χ4n) is 1.49. The Kier molecular flexibility index (Phi) is 2.73. The first-order valence-electron chi connectivity index (χ1n) is 4.86. The van der Waals surface area contributed by atoms with Crippen LogP contribution in [0.2, 0.25) is 0 Å². The molecule has 0 spiro atoms. The van der Waals surface area contributed by atoms with Gasteiger partial charge in [0.15, 0.2) is 0 Å². The first-order chi connectivity index (χ1) is 6.85. The molecule has 0 bridgehead atoms. The molecule has 14 heavy (non-hydrogen) atoms. The second kappa shape index (κ2) is 4.01. The molecular weight excluding hydrogens is 190 g/mol. The SMILES string of the molecule is C/C=C1/Sc2ccccc2N=C1CC. The molecule has 1 aliphatic rings. The van der Waals surface area contributed by atoms with E-state index in [1.807, 2.05) is 17.8 Å². The average molecular weight is 203 g/mol. The van der Waals surface area contributed by atoms with E-state index in [2.05, 4.69) is 43.1 Å². The molecule has 0 atom stereocenters. The molecular formula is C12H13NS. The molecule has 0 radical (unpaired) electrons. The van der Waals surface area contributed by atoms with Crippen molar-refractivity contribution in [1.29, 1.82) is 0 Å². The minimum Gasteiger partial charge on any atom is -0.251 e.